The Morgan fingerprint density at radius 1 is 0.648 bits per heavy atom. The van der Waals surface area contributed by atoms with Crippen LogP contribution in [-0.4, -0.2) is 127 Å². The average Bonchev–Trinajstić information content (AvgIpc) is 4.06. The molecule has 2 fully saturated rings. The van der Waals surface area contributed by atoms with Gasteiger partial charge in [-0.05, 0) is 84.5 Å². The first kappa shape index (κ1) is 67.8. The Morgan fingerprint density at radius 3 is 1.61 bits per heavy atom. The average molecular weight is 1370 g/mol. The molecule has 7 aromatic rings. The summed E-state index contributed by atoms with van der Waals surface area (Å²) in [4.78, 5) is 70.1. The zero-order valence-corrected chi connectivity index (χ0v) is 52.9. The number of rotatable bonds is 21. The van der Waals surface area contributed by atoms with Gasteiger partial charge in [0.2, 0.25) is 17.7 Å². The van der Waals surface area contributed by atoms with Gasteiger partial charge in [0.05, 0.1) is 29.6 Å². The fourth-order valence-electron chi connectivity index (χ4n) is 10.4. The molecule has 2 unspecified atom stereocenters. The highest BCUT2D eigenvalue weighted by molar-refractivity contribution is 7.19. The molecule has 0 radical (unpaired) electrons. The Balaban J connectivity index is 0.000000228. The van der Waals surface area contributed by atoms with Crippen LogP contribution in [0.5, 0.6) is 11.5 Å². The van der Waals surface area contributed by atoms with Crippen LogP contribution in [0, 0.1) is 5.92 Å². The van der Waals surface area contributed by atoms with E-state index in [-0.39, 0.29) is 81.5 Å². The predicted octanol–water partition coefficient (Wildman–Crippen LogP) is 13.1. The number of halogens is 9. The van der Waals surface area contributed by atoms with Crippen LogP contribution in [0.15, 0.2) is 115 Å². The molecule has 88 heavy (non-hydrogen) atoms. The van der Waals surface area contributed by atoms with E-state index in [0.29, 0.717) is 103 Å². The van der Waals surface area contributed by atoms with Gasteiger partial charge in [0.15, 0.2) is 11.5 Å². The lowest BCUT2D eigenvalue weighted by molar-refractivity contribution is -0.137. The van der Waals surface area contributed by atoms with Crippen molar-refractivity contribution in [1.29, 1.82) is 0 Å². The number of alkyl halides is 3. The van der Waals surface area contributed by atoms with Gasteiger partial charge in [-0.3, -0.25) is 24.0 Å². The Hall–Kier alpha value is -6.14. The zero-order chi connectivity index (χ0) is 63.5. The third-order valence-electron chi connectivity index (χ3n) is 14.8. The number of ether oxygens (including phenoxy) is 2. The van der Waals surface area contributed by atoms with Gasteiger partial charge in [-0.1, -0.05) is 136 Å². The Morgan fingerprint density at radius 2 is 1.15 bits per heavy atom. The molecular formula is C62H59Cl6F3N6O9S2. The summed E-state index contributed by atoms with van der Waals surface area (Å²) in [6.07, 6.45) is -4.70. The van der Waals surface area contributed by atoms with Gasteiger partial charge in [0, 0.05) is 110 Å². The van der Waals surface area contributed by atoms with E-state index in [1.165, 1.54) is 27.6 Å². The van der Waals surface area contributed by atoms with Crippen LogP contribution in [0.1, 0.15) is 62.9 Å². The lowest BCUT2D eigenvalue weighted by Gasteiger charge is -2.40. The molecule has 15 nitrogen and oxygen atoms in total. The van der Waals surface area contributed by atoms with E-state index in [0.717, 1.165) is 11.1 Å². The van der Waals surface area contributed by atoms with Crippen LogP contribution < -0.4 is 31.6 Å². The van der Waals surface area contributed by atoms with Crippen LogP contribution in [0.25, 0.3) is 43.1 Å². The van der Waals surface area contributed by atoms with E-state index in [4.69, 9.17) is 95.7 Å². The first-order valence-corrected chi connectivity index (χ1v) is 31.5. The largest absolute Gasteiger partial charge is 0.491 e. The molecule has 9 rings (SSSR count). The van der Waals surface area contributed by atoms with Crippen molar-refractivity contribution >= 4 is 122 Å². The van der Waals surface area contributed by atoms with Crippen LogP contribution in [0.3, 0.4) is 0 Å². The SMILES string of the molecule is NC(=O)C1(NCCC(F)(F)F)CCN(C(=O)c2sc(-c3ccc(Cl)cc3Cl)c(-c3ccc(Cl)cc3)c2OCCCO)CC1.NC(=O)C1CCN(C(=O)c2sc(-c3ccc(Cl)cc3Cl)c(-c3ccc(Cl)cc3)c2OCCNC(=O)CO)CC1c1ccccc1. The number of nitrogens with zero attached hydrogens (tertiary/aromatic N) is 2. The van der Waals surface area contributed by atoms with Gasteiger partial charge in [0.1, 0.15) is 28.5 Å². The zero-order valence-electron chi connectivity index (χ0n) is 46.8. The fourth-order valence-corrected chi connectivity index (χ4v) is 14.3. The molecule has 5 amide bonds. The number of primary amides is 2. The molecule has 0 aliphatic carbocycles. The number of carbonyl (C=O) groups is 5. The minimum absolute atomic E-state index is 0.0214. The van der Waals surface area contributed by atoms with Crippen LogP contribution in [-0.2, 0) is 14.4 Å². The van der Waals surface area contributed by atoms with E-state index in [2.05, 4.69) is 10.6 Å². The second-order valence-electron chi connectivity index (χ2n) is 20.6. The molecule has 0 bridgehead atoms. The number of benzene rings is 5. The molecule has 2 aliphatic heterocycles. The molecule has 0 spiro atoms. The highest BCUT2D eigenvalue weighted by Gasteiger charge is 2.43. The molecule has 2 atom stereocenters. The maximum atomic E-state index is 14.4. The van der Waals surface area contributed by atoms with Crippen molar-refractivity contribution in [1.82, 2.24) is 20.4 Å². The molecule has 26 heteroatoms. The minimum atomic E-state index is -4.39. The third-order valence-corrected chi connectivity index (χ3v) is 18.8. The van der Waals surface area contributed by atoms with Crippen LogP contribution >= 0.6 is 92.3 Å². The molecule has 2 aromatic heterocycles. The molecule has 8 N–H and O–H groups in total. The van der Waals surface area contributed by atoms with Crippen LogP contribution in [0.2, 0.25) is 30.1 Å². The van der Waals surface area contributed by atoms with Crippen molar-refractivity contribution in [3.8, 4) is 54.6 Å². The Kier molecular flexibility index (Phi) is 23.6. The van der Waals surface area contributed by atoms with Crippen LogP contribution in [0.4, 0.5) is 13.2 Å². The number of piperidine rings is 2. The lowest BCUT2D eigenvalue weighted by atomic mass is 9.80. The predicted molar refractivity (Wildman–Crippen MR) is 341 cm³/mol. The van der Waals surface area contributed by atoms with Gasteiger partial charge < -0.3 is 51.6 Å². The summed E-state index contributed by atoms with van der Waals surface area (Å²) in [5, 5.41) is 26.4. The first-order valence-electron chi connectivity index (χ1n) is 27.6. The van der Waals surface area contributed by atoms with Crippen molar-refractivity contribution in [2.75, 3.05) is 65.7 Å². The standard InChI is InChI=1S/C33H30Cl3N3O5S.C29H29Cl3F3N3O4S/c34-21-8-6-20(7-9-21)28-29(44-15-13-38-27(41)18-40)31(45-30(28)24-11-10-22(35)16-26(24)36)33(43)39-14-12-23(32(37)42)25(17-39)19-4-2-1-3-5-19;30-18-4-2-17(3-5-18)22-23(42-15-1-14-39)25(43-24(22)20-7-6-19(31)16-21(20)32)26(40)38-12-9-28(10-13-38,27(36)41)37-11-8-29(33,34)35/h1-11,16,23,25,40H,12-15,17-18H2,(H2,37,42)(H,38,41);2-7,16,37,39H,1,8-15H2,(H2,36,41). The molecule has 466 valence electrons. The summed E-state index contributed by atoms with van der Waals surface area (Å²) in [5.41, 5.74) is 14.9. The smallest absolute Gasteiger partial charge is 0.390 e. The molecule has 2 aliphatic rings. The topological polar surface area (TPSA) is 227 Å². The van der Waals surface area contributed by atoms with Gasteiger partial charge in [0.25, 0.3) is 11.8 Å². The first-order chi connectivity index (χ1) is 42.0. The van der Waals surface area contributed by atoms with Gasteiger partial charge in [-0.25, -0.2) is 0 Å². The summed E-state index contributed by atoms with van der Waals surface area (Å²) in [6.45, 7) is -0.249. The van der Waals surface area contributed by atoms with Crippen molar-refractivity contribution in [2.24, 2.45) is 17.4 Å². The van der Waals surface area contributed by atoms with Crippen molar-refractivity contribution in [3.63, 3.8) is 0 Å². The molecule has 2 saturated heterocycles. The van der Waals surface area contributed by atoms with E-state index >= 15 is 0 Å². The number of nitrogens with one attached hydrogen (secondary N) is 2. The minimum Gasteiger partial charge on any atom is -0.491 e. The van der Waals surface area contributed by atoms with E-state index in [9.17, 15) is 42.3 Å². The number of hydrogen-bond donors (Lipinski definition) is 6. The fraction of sp³-hybridized carbons (Fsp3) is 0.306. The number of carbonyl (C=O) groups excluding carboxylic acids is 5. The summed E-state index contributed by atoms with van der Waals surface area (Å²) in [6, 6.07) is 33.9. The second kappa shape index (κ2) is 30.6. The lowest BCUT2D eigenvalue weighted by Crippen LogP contribution is -2.61. The molecule has 4 heterocycles. The van der Waals surface area contributed by atoms with Crippen molar-refractivity contribution in [2.45, 2.75) is 49.7 Å². The maximum absolute atomic E-state index is 14.4. The van der Waals surface area contributed by atoms with E-state index in [1.807, 2.05) is 42.5 Å². The summed E-state index contributed by atoms with van der Waals surface area (Å²) < 4.78 is 50.6. The van der Waals surface area contributed by atoms with Gasteiger partial charge >= 0.3 is 6.18 Å². The summed E-state index contributed by atoms with van der Waals surface area (Å²) in [7, 11) is 0. The van der Waals surface area contributed by atoms with Gasteiger partial charge in [-0.15, -0.1) is 22.7 Å². The second-order valence-corrected chi connectivity index (χ2v) is 25.2. The number of aliphatic hydroxyl groups is 2. The Bertz CT molecular complexity index is 3630. The normalized spacial score (nSPS) is 15.7. The Labute approximate surface area is 543 Å². The number of thiophene rings is 2. The van der Waals surface area contributed by atoms with Crippen molar-refractivity contribution < 1.29 is 56.8 Å². The summed E-state index contributed by atoms with van der Waals surface area (Å²) in [5.74, 6) is -2.45. The number of likely N-dealkylation sites (tertiary alicyclic amines) is 2. The maximum Gasteiger partial charge on any atom is 0.390 e. The monoisotopic (exact) mass is 1360 g/mol. The van der Waals surface area contributed by atoms with Crippen molar-refractivity contribution in [3.05, 3.63) is 161 Å². The summed E-state index contributed by atoms with van der Waals surface area (Å²) >= 11 is 40.5. The highest BCUT2D eigenvalue weighted by atomic mass is 35.5. The molecule has 0 saturated carbocycles. The van der Waals surface area contributed by atoms with E-state index in [1.54, 1.807) is 77.7 Å². The highest BCUT2D eigenvalue weighted by Crippen LogP contribution is 2.53. The third kappa shape index (κ3) is 16.6. The number of nitrogens with two attached hydrogens (primary N) is 2. The number of aliphatic hydroxyl groups excluding tert-OH is 2. The number of hydrogen-bond acceptors (Lipinski definition) is 12. The molecular weight excluding hydrogens is 1310 g/mol. The molecule has 5 aromatic carbocycles. The van der Waals surface area contributed by atoms with E-state index < -0.39 is 54.9 Å². The quantitative estimate of drug-likeness (QED) is 0.0373. The number of amides is 5. The van der Waals surface area contributed by atoms with Gasteiger partial charge in [-0.2, -0.15) is 13.2 Å².